The largest absolute Gasteiger partial charge is 0.394 e. The second-order valence-corrected chi connectivity index (χ2v) is 11.8. The summed E-state index contributed by atoms with van der Waals surface area (Å²) >= 11 is 0. The summed E-state index contributed by atoms with van der Waals surface area (Å²) in [4.78, 5) is 25.0. The summed E-state index contributed by atoms with van der Waals surface area (Å²) < 4.78 is 47.7. The average molecular weight is 586 g/mol. The number of ether oxygens (including phenoxy) is 3. The van der Waals surface area contributed by atoms with Crippen molar-refractivity contribution in [3.05, 3.63) is 0 Å². The van der Waals surface area contributed by atoms with Crippen LogP contribution in [0.1, 0.15) is 68.2 Å². The smallest absolute Gasteiger partial charge is 0.266 e. The molecule has 1 unspecified atom stereocenters. The molecular formula is C26H55N3O9S. The first-order valence-corrected chi connectivity index (χ1v) is 15.3. The maximum Gasteiger partial charge on any atom is 0.266 e. The molecule has 13 heteroatoms. The van der Waals surface area contributed by atoms with E-state index in [1.807, 2.05) is 27.7 Å². The molecule has 0 aromatic carbocycles. The molecular weight excluding hydrogens is 530 g/mol. The number of hydrogen-bond donors (Lipinski definition) is 5. The maximum absolute atomic E-state index is 12.7. The molecule has 0 radical (unpaired) electrons. The lowest BCUT2D eigenvalue weighted by Gasteiger charge is -2.26. The van der Waals surface area contributed by atoms with Crippen molar-refractivity contribution in [2.45, 2.75) is 91.4 Å². The van der Waals surface area contributed by atoms with Crippen molar-refractivity contribution < 1.29 is 41.9 Å². The number of Topliss-reactive ketones (excluding diaryl/α,β-unsaturated/α-hetero) is 2. The van der Waals surface area contributed by atoms with Crippen LogP contribution in [0.25, 0.3) is 0 Å². The summed E-state index contributed by atoms with van der Waals surface area (Å²) in [6, 6.07) is -0.504. The van der Waals surface area contributed by atoms with Gasteiger partial charge in [-0.1, -0.05) is 27.7 Å². The van der Waals surface area contributed by atoms with Crippen LogP contribution in [0.3, 0.4) is 0 Å². The van der Waals surface area contributed by atoms with Crippen LogP contribution in [-0.2, 0) is 33.9 Å². The van der Waals surface area contributed by atoms with Gasteiger partial charge in [0.25, 0.3) is 10.1 Å². The van der Waals surface area contributed by atoms with E-state index in [0.29, 0.717) is 32.9 Å². The molecule has 0 spiro atoms. The number of hydrogen-bond acceptors (Lipinski definition) is 11. The van der Waals surface area contributed by atoms with Gasteiger partial charge in [-0.3, -0.25) is 14.1 Å². The lowest BCUT2D eigenvalue weighted by Crippen LogP contribution is -2.49. The summed E-state index contributed by atoms with van der Waals surface area (Å²) in [6.07, 6.45) is 0.446. The normalized spacial score (nSPS) is 13.2. The highest BCUT2D eigenvalue weighted by Gasteiger charge is 2.28. The number of aliphatic hydroxyl groups is 1. The summed E-state index contributed by atoms with van der Waals surface area (Å²) in [7, 11) is -4.15. The third-order valence-electron chi connectivity index (χ3n) is 5.56. The lowest BCUT2D eigenvalue weighted by atomic mass is 9.94. The maximum atomic E-state index is 12.7. The Morgan fingerprint density at radius 3 is 1.79 bits per heavy atom. The van der Waals surface area contributed by atoms with Crippen LogP contribution >= 0.6 is 0 Å². The minimum absolute atomic E-state index is 0.0123. The van der Waals surface area contributed by atoms with E-state index in [0.717, 1.165) is 0 Å². The van der Waals surface area contributed by atoms with Gasteiger partial charge in [-0.2, -0.15) is 8.42 Å². The first-order valence-electron chi connectivity index (χ1n) is 13.7. The Labute approximate surface area is 236 Å². The number of carbonyl (C=O) groups is 2. The van der Waals surface area contributed by atoms with Gasteiger partial charge >= 0.3 is 0 Å². The van der Waals surface area contributed by atoms with Gasteiger partial charge < -0.3 is 35.3 Å². The molecule has 0 rings (SSSR count). The first kappa shape index (κ1) is 40.1. The lowest BCUT2D eigenvalue weighted by molar-refractivity contribution is -0.129. The highest BCUT2D eigenvalue weighted by molar-refractivity contribution is 7.85. The van der Waals surface area contributed by atoms with Crippen molar-refractivity contribution in [1.29, 1.82) is 0 Å². The van der Waals surface area contributed by atoms with Gasteiger partial charge in [0.1, 0.15) is 6.61 Å². The zero-order valence-corrected chi connectivity index (χ0v) is 26.1. The van der Waals surface area contributed by atoms with Gasteiger partial charge in [-0.05, 0) is 34.1 Å². The molecule has 0 fully saturated rings. The van der Waals surface area contributed by atoms with Gasteiger partial charge in [0.05, 0.1) is 56.5 Å². The van der Waals surface area contributed by atoms with Crippen molar-refractivity contribution in [3.63, 3.8) is 0 Å². The van der Waals surface area contributed by atoms with Crippen molar-refractivity contribution in [3.8, 4) is 0 Å². The standard InChI is InChI=1S/C24H49N3O9S.C2H6/c1-19(2)27-20(18-37(31,32)33)7-8-21(29)23(3,4)25-10-13-35-15-16-36-17-22(30)24(5,6)26-9-12-34-14-11-28;1-2/h19-20,25-28H,7-18H2,1-6H3,(H,31,32,33);1-2H3. The van der Waals surface area contributed by atoms with Crippen LogP contribution < -0.4 is 16.0 Å². The zero-order chi connectivity index (χ0) is 30.5. The Morgan fingerprint density at radius 2 is 1.31 bits per heavy atom. The van der Waals surface area contributed by atoms with Crippen LogP contribution in [0.2, 0.25) is 0 Å². The molecule has 0 aliphatic heterocycles. The third-order valence-corrected chi connectivity index (χ3v) is 6.39. The van der Waals surface area contributed by atoms with Crippen molar-refractivity contribution in [2.24, 2.45) is 0 Å². The van der Waals surface area contributed by atoms with Crippen LogP contribution in [0.5, 0.6) is 0 Å². The van der Waals surface area contributed by atoms with E-state index in [9.17, 15) is 18.0 Å². The molecule has 0 amide bonds. The van der Waals surface area contributed by atoms with E-state index < -0.39 is 33.0 Å². The molecule has 234 valence electrons. The number of aliphatic hydroxyl groups excluding tert-OH is 1. The predicted molar refractivity (Wildman–Crippen MR) is 153 cm³/mol. The van der Waals surface area contributed by atoms with E-state index in [1.54, 1.807) is 27.7 Å². The molecule has 0 aromatic heterocycles. The molecule has 5 N–H and O–H groups in total. The summed E-state index contributed by atoms with van der Waals surface area (Å²) in [5, 5.41) is 18.0. The minimum atomic E-state index is -4.15. The number of nitrogens with one attached hydrogen (secondary N) is 3. The first-order chi connectivity index (χ1) is 18.1. The number of ketones is 2. The fourth-order valence-electron chi connectivity index (χ4n) is 3.36. The summed E-state index contributed by atoms with van der Waals surface area (Å²) in [5.41, 5.74) is -1.59. The quantitative estimate of drug-likeness (QED) is 0.0804. The third kappa shape index (κ3) is 22.4. The van der Waals surface area contributed by atoms with Crippen LogP contribution in [0, 0.1) is 0 Å². The molecule has 0 saturated heterocycles. The zero-order valence-electron chi connectivity index (χ0n) is 25.3. The van der Waals surface area contributed by atoms with Gasteiger partial charge in [-0.15, -0.1) is 0 Å². The van der Waals surface area contributed by atoms with Gasteiger partial charge in [0, 0.05) is 31.6 Å². The summed E-state index contributed by atoms with van der Waals surface area (Å²) in [5.74, 6) is -0.613. The molecule has 39 heavy (non-hydrogen) atoms. The van der Waals surface area contributed by atoms with Gasteiger partial charge in [0.15, 0.2) is 11.6 Å². The Hall–Kier alpha value is -1.03. The number of carbonyl (C=O) groups excluding carboxylic acids is 2. The molecule has 0 saturated carbocycles. The van der Waals surface area contributed by atoms with Crippen molar-refractivity contribution in [1.82, 2.24) is 16.0 Å². The van der Waals surface area contributed by atoms with Crippen LogP contribution in [0.4, 0.5) is 0 Å². The van der Waals surface area contributed by atoms with Gasteiger partial charge in [-0.25, -0.2) is 0 Å². The van der Waals surface area contributed by atoms with Crippen LogP contribution in [-0.4, -0.2) is 118 Å². The fraction of sp³-hybridized carbons (Fsp3) is 0.923. The summed E-state index contributed by atoms with van der Waals surface area (Å²) in [6.45, 7) is 17.1. The SMILES string of the molecule is CC.CC(C)NC(CCC(=O)C(C)(C)NCCOCCOCC(=O)C(C)(C)NCCOCCO)CS(=O)(=O)O. The van der Waals surface area contributed by atoms with Crippen LogP contribution in [0.15, 0.2) is 0 Å². The molecule has 1 atom stereocenters. The Balaban J connectivity index is 0. The van der Waals surface area contributed by atoms with Crippen molar-refractivity contribution in [2.75, 3.05) is 65.1 Å². The molecule has 0 heterocycles. The topological polar surface area (TPSA) is 173 Å². The molecule has 0 aliphatic rings. The van der Waals surface area contributed by atoms with E-state index in [1.165, 1.54) is 0 Å². The van der Waals surface area contributed by atoms with E-state index in [2.05, 4.69) is 16.0 Å². The Morgan fingerprint density at radius 1 is 0.821 bits per heavy atom. The monoisotopic (exact) mass is 585 g/mol. The van der Waals surface area contributed by atoms with E-state index >= 15 is 0 Å². The van der Waals surface area contributed by atoms with Crippen molar-refractivity contribution >= 4 is 21.7 Å². The van der Waals surface area contributed by atoms with E-state index in [4.69, 9.17) is 23.9 Å². The molecule has 12 nitrogen and oxygen atoms in total. The average Bonchev–Trinajstić information content (AvgIpc) is 2.83. The molecule has 0 bridgehead atoms. The molecule has 0 aromatic rings. The minimum Gasteiger partial charge on any atom is -0.394 e. The predicted octanol–water partition coefficient (Wildman–Crippen LogP) is 0.964. The fourth-order valence-corrected chi connectivity index (χ4v) is 4.13. The van der Waals surface area contributed by atoms with Gasteiger partial charge in [0.2, 0.25) is 0 Å². The highest BCUT2D eigenvalue weighted by Crippen LogP contribution is 2.12. The second-order valence-electron chi connectivity index (χ2n) is 10.3. The number of rotatable bonds is 24. The Bertz CT molecular complexity index is 760. The highest BCUT2D eigenvalue weighted by atomic mass is 32.2. The molecule has 0 aliphatic carbocycles. The second kappa shape index (κ2) is 21.7. The van der Waals surface area contributed by atoms with E-state index in [-0.39, 0.29) is 56.9 Å². The Kier molecular flexibility index (Phi) is 22.3.